The Morgan fingerprint density at radius 2 is 2.07 bits per heavy atom. The SMILES string of the molecule is CCC(=N)OC(=N)CN=C(NCOCC1COCCO1)c1cc(O)c(-c2ccc(F)c3sc(N)c(C#N)c23)c2c1COC2. The predicted molar refractivity (Wildman–Crippen MR) is 159 cm³/mol. The predicted octanol–water partition coefficient (Wildman–Crippen LogP) is 4.00. The van der Waals surface area contributed by atoms with E-state index in [9.17, 15) is 14.8 Å². The molecule has 1 fully saturated rings. The van der Waals surface area contributed by atoms with Gasteiger partial charge in [-0.05, 0) is 28.8 Å². The van der Waals surface area contributed by atoms with Gasteiger partial charge in [-0.15, -0.1) is 11.3 Å². The Labute approximate surface area is 250 Å². The minimum absolute atomic E-state index is 0.0358. The number of phenolic OH excluding ortho intramolecular Hbond substituents is 1. The van der Waals surface area contributed by atoms with Crippen LogP contribution in [-0.2, 0) is 36.9 Å². The maximum Gasteiger partial charge on any atom is 0.210 e. The number of aromatic hydroxyl groups is 1. The first-order valence-corrected chi connectivity index (χ1v) is 14.4. The Bertz CT molecular complexity index is 1630. The molecule has 0 radical (unpaired) electrons. The van der Waals surface area contributed by atoms with E-state index in [1.54, 1.807) is 6.92 Å². The van der Waals surface area contributed by atoms with Gasteiger partial charge in [-0.1, -0.05) is 13.0 Å². The quantitative estimate of drug-likeness (QED) is 0.103. The topological polar surface area (TPSA) is 188 Å². The Kier molecular flexibility index (Phi) is 9.49. The van der Waals surface area contributed by atoms with Gasteiger partial charge < -0.3 is 39.8 Å². The number of nitrogen functional groups attached to an aromatic ring is 1. The van der Waals surface area contributed by atoms with Crippen LogP contribution in [0.1, 0.15) is 35.6 Å². The molecule has 226 valence electrons. The van der Waals surface area contributed by atoms with E-state index in [1.165, 1.54) is 18.2 Å². The molecule has 0 spiro atoms. The number of nitriles is 1. The lowest BCUT2D eigenvalue weighted by molar-refractivity contribution is -0.115. The van der Waals surface area contributed by atoms with Crippen LogP contribution >= 0.6 is 11.3 Å². The molecule has 0 saturated carbocycles. The maximum absolute atomic E-state index is 14.7. The smallest absolute Gasteiger partial charge is 0.210 e. The van der Waals surface area contributed by atoms with Gasteiger partial charge in [0.15, 0.2) is 5.90 Å². The molecule has 5 rings (SSSR count). The van der Waals surface area contributed by atoms with Crippen LogP contribution in [0.5, 0.6) is 5.75 Å². The van der Waals surface area contributed by atoms with Crippen LogP contribution < -0.4 is 11.1 Å². The number of rotatable bonds is 9. The van der Waals surface area contributed by atoms with E-state index in [0.717, 1.165) is 16.9 Å². The van der Waals surface area contributed by atoms with Gasteiger partial charge in [0.05, 0.1) is 49.9 Å². The van der Waals surface area contributed by atoms with E-state index < -0.39 is 5.82 Å². The number of phenols is 1. The molecule has 2 aromatic carbocycles. The molecule has 0 bridgehead atoms. The molecule has 2 aliphatic rings. The third-order valence-electron chi connectivity index (χ3n) is 6.95. The zero-order valence-electron chi connectivity index (χ0n) is 23.4. The van der Waals surface area contributed by atoms with Crippen molar-refractivity contribution in [2.24, 2.45) is 4.99 Å². The van der Waals surface area contributed by atoms with Crippen molar-refractivity contribution in [2.45, 2.75) is 32.7 Å². The van der Waals surface area contributed by atoms with Gasteiger partial charge in [-0.3, -0.25) is 15.8 Å². The monoisotopic (exact) mass is 610 g/mol. The highest BCUT2D eigenvalue weighted by Crippen LogP contribution is 2.47. The van der Waals surface area contributed by atoms with Gasteiger partial charge >= 0.3 is 0 Å². The van der Waals surface area contributed by atoms with Gasteiger partial charge in [0.2, 0.25) is 5.90 Å². The number of benzene rings is 2. The van der Waals surface area contributed by atoms with Crippen molar-refractivity contribution in [3.63, 3.8) is 0 Å². The number of ether oxygens (including phenoxy) is 5. The fraction of sp³-hybridized carbons (Fsp3) is 0.379. The average Bonchev–Trinajstić information content (AvgIpc) is 3.62. The van der Waals surface area contributed by atoms with Gasteiger partial charge in [-0.2, -0.15) is 5.26 Å². The zero-order chi connectivity index (χ0) is 30.5. The van der Waals surface area contributed by atoms with Crippen LogP contribution in [0.3, 0.4) is 0 Å². The molecule has 6 N–H and O–H groups in total. The van der Waals surface area contributed by atoms with Crippen LogP contribution in [0.4, 0.5) is 9.39 Å². The van der Waals surface area contributed by atoms with Crippen molar-refractivity contribution in [3.05, 3.63) is 46.3 Å². The van der Waals surface area contributed by atoms with E-state index in [4.69, 9.17) is 40.2 Å². The largest absolute Gasteiger partial charge is 0.507 e. The molecular weight excluding hydrogens is 579 g/mol. The second-order valence-electron chi connectivity index (χ2n) is 9.75. The zero-order valence-corrected chi connectivity index (χ0v) is 24.2. The van der Waals surface area contributed by atoms with Crippen molar-refractivity contribution >= 4 is 44.1 Å². The number of fused-ring (bicyclic) bond motifs is 2. The number of amidine groups is 1. The molecule has 3 heterocycles. The first kappa shape index (κ1) is 30.3. The molecular formula is C29H31FN6O6S. The number of hydrogen-bond acceptors (Lipinski definition) is 12. The van der Waals surface area contributed by atoms with Gasteiger partial charge in [0.25, 0.3) is 0 Å². The summed E-state index contributed by atoms with van der Waals surface area (Å²) in [4.78, 5) is 4.53. The van der Waals surface area contributed by atoms with Crippen molar-refractivity contribution in [1.29, 1.82) is 16.1 Å². The van der Waals surface area contributed by atoms with Crippen molar-refractivity contribution in [3.8, 4) is 22.9 Å². The summed E-state index contributed by atoms with van der Waals surface area (Å²) < 4.78 is 42.7. The molecule has 1 saturated heterocycles. The summed E-state index contributed by atoms with van der Waals surface area (Å²) in [6.45, 7) is 3.70. The number of halogens is 1. The molecule has 2 aliphatic heterocycles. The summed E-state index contributed by atoms with van der Waals surface area (Å²) >= 11 is 0.983. The Hall–Kier alpha value is -4.13. The third kappa shape index (κ3) is 6.46. The number of nitrogens with one attached hydrogen (secondary N) is 3. The number of hydrogen-bond donors (Lipinski definition) is 5. The molecule has 3 aromatic rings. The molecule has 12 nitrogen and oxygen atoms in total. The summed E-state index contributed by atoms with van der Waals surface area (Å²) in [6.07, 6.45) is 0.133. The summed E-state index contributed by atoms with van der Waals surface area (Å²) in [7, 11) is 0. The highest BCUT2D eigenvalue weighted by molar-refractivity contribution is 7.23. The highest BCUT2D eigenvalue weighted by Gasteiger charge is 2.28. The highest BCUT2D eigenvalue weighted by atomic mass is 32.1. The minimum Gasteiger partial charge on any atom is -0.507 e. The van der Waals surface area contributed by atoms with Crippen molar-refractivity contribution < 1.29 is 33.2 Å². The van der Waals surface area contributed by atoms with Crippen LogP contribution in [0, 0.1) is 28.0 Å². The van der Waals surface area contributed by atoms with Crippen LogP contribution in [-0.4, -0.2) is 68.5 Å². The van der Waals surface area contributed by atoms with Gasteiger partial charge in [0, 0.05) is 22.9 Å². The lowest BCUT2D eigenvalue weighted by Crippen LogP contribution is -2.35. The standard InChI is InChI=1S/C29H31FN6O6S/c1-2-23(32)42-24(33)9-35-29(36-14-40-11-15-10-38-5-6-41-15)17-7-22(37)25(20-13-39-12-19(17)20)16-3-4-21(30)27-26(16)18(8-31)28(34)43-27/h3-4,7,15,32-33,37H,2,5-6,9-14,34H2,1H3,(H,35,36). The van der Waals surface area contributed by atoms with Crippen molar-refractivity contribution in [1.82, 2.24) is 5.32 Å². The number of nitrogens with two attached hydrogens (primary N) is 1. The fourth-order valence-electron chi connectivity index (χ4n) is 4.95. The van der Waals surface area contributed by atoms with Gasteiger partial charge in [0.1, 0.15) is 47.9 Å². The fourth-order valence-corrected chi connectivity index (χ4v) is 5.90. The minimum atomic E-state index is -0.509. The third-order valence-corrected chi connectivity index (χ3v) is 7.98. The first-order chi connectivity index (χ1) is 20.8. The second kappa shape index (κ2) is 13.4. The number of aliphatic imine (C=N–C) groups is 1. The van der Waals surface area contributed by atoms with E-state index in [0.29, 0.717) is 59.7 Å². The second-order valence-corrected chi connectivity index (χ2v) is 10.8. The van der Waals surface area contributed by atoms with E-state index in [-0.39, 0.29) is 72.0 Å². The Balaban J connectivity index is 1.51. The number of nitrogens with zero attached hydrogens (tertiary/aromatic N) is 2. The molecule has 1 unspecified atom stereocenters. The Morgan fingerprint density at radius 1 is 1.26 bits per heavy atom. The number of anilines is 1. The molecule has 43 heavy (non-hydrogen) atoms. The van der Waals surface area contributed by atoms with E-state index in [2.05, 4.69) is 16.4 Å². The van der Waals surface area contributed by atoms with Crippen molar-refractivity contribution in [2.75, 3.05) is 45.4 Å². The summed E-state index contributed by atoms with van der Waals surface area (Å²) in [5, 5.41) is 40.7. The number of thiophene rings is 1. The summed E-state index contributed by atoms with van der Waals surface area (Å²) in [5.74, 6) is -0.613. The molecule has 0 amide bonds. The van der Waals surface area contributed by atoms with Crippen LogP contribution in [0.25, 0.3) is 21.2 Å². The first-order valence-electron chi connectivity index (χ1n) is 13.6. The van der Waals surface area contributed by atoms with Crippen LogP contribution in [0.15, 0.2) is 23.2 Å². The average molecular weight is 611 g/mol. The normalized spacial score (nSPS) is 16.6. The van der Waals surface area contributed by atoms with E-state index >= 15 is 0 Å². The maximum atomic E-state index is 14.7. The van der Waals surface area contributed by atoms with Crippen LogP contribution in [0.2, 0.25) is 0 Å². The van der Waals surface area contributed by atoms with Gasteiger partial charge in [-0.25, -0.2) is 4.39 Å². The summed E-state index contributed by atoms with van der Waals surface area (Å²) in [5.41, 5.74) is 8.95. The molecule has 1 atom stereocenters. The lowest BCUT2D eigenvalue weighted by Gasteiger charge is -2.23. The molecule has 1 aromatic heterocycles. The summed E-state index contributed by atoms with van der Waals surface area (Å²) in [6, 6.07) is 6.40. The molecule has 14 heteroatoms. The molecule has 0 aliphatic carbocycles. The lowest BCUT2D eigenvalue weighted by atomic mass is 9.89. The Morgan fingerprint density at radius 3 is 2.81 bits per heavy atom. The van der Waals surface area contributed by atoms with E-state index in [1.807, 2.05) is 0 Å².